The van der Waals surface area contributed by atoms with Gasteiger partial charge in [-0.25, -0.2) is 0 Å². The molecular weight excluding hydrogens is 184 g/mol. The maximum atomic E-state index is 5.39. The van der Waals surface area contributed by atoms with Gasteiger partial charge in [-0.1, -0.05) is 65.7 Å². The summed E-state index contributed by atoms with van der Waals surface area (Å²) in [6.07, 6.45) is 11.0. The number of unbranched alkanes of at least 4 members (excludes halogenated alkanes) is 7. The Bertz CT molecular complexity index is 81.8. The smallest absolute Gasteiger partial charge is 0.00179 e. The van der Waals surface area contributed by atoms with Crippen LogP contribution in [0.4, 0.5) is 0 Å². The highest BCUT2D eigenvalue weighted by Crippen LogP contribution is 2.07. The van der Waals surface area contributed by atoms with Crippen LogP contribution in [0.25, 0.3) is 0 Å². The van der Waals surface area contributed by atoms with Crippen molar-refractivity contribution < 1.29 is 0 Å². The molecule has 0 aliphatic heterocycles. The van der Waals surface area contributed by atoms with Gasteiger partial charge in [-0.15, -0.1) is 0 Å². The summed E-state index contributed by atoms with van der Waals surface area (Å²) in [5, 5.41) is 0. The van der Waals surface area contributed by atoms with E-state index < -0.39 is 0 Å². The van der Waals surface area contributed by atoms with Gasteiger partial charge in [-0.05, 0) is 19.0 Å². The van der Waals surface area contributed by atoms with Crippen LogP contribution in [0.15, 0.2) is 0 Å². The fraction of sp³-hybridized carbons (Fsp3) is 1.00. The molecule has 0 amide bonds. The van der Waals surface area contributed by atoms with E-state index >= 15 is 0 Å². The third-order valence-electron chi connectivity index (χ3n) is 2.06. The van der Waals surface area contributed by atoms with E-state index in [1.807, 2.05) is 13.8 Å². The molecule has 0 aromatic rings. The van der Waals surface area contributed by atoms with E-state index in [9.17, 15) is 0 Å². The molecule has 0 aliphatic carbocycles. The lowest BCUT2D eigenvalue weighted by Crippen LogP contribution is -2.06. The van der Waals surface area contributed by atoms with Crippen molar-refractivity contribution in [1.29, 1.82) is 0 Å². The topological polar surface area (TPSA) is 52.0 Å². The Morgan fingerprint density at radius 3 is 1.47 bits per heavy atom. The third-order valence-corrected chi connectivity index (χ3v) is 2.06. The molecular formula is C13H32N2. The molecule has 0 saturated heterocycles. The molecule has 15 heavy (non-hydrogen) atoms. The maximum absolute atomic E-state index is 5.39. The Morgan fingerprint density at radius 1 is 0.800 bits per heavy atom. The van der Waals surface area contributed by atoms with Crippen molar-refractivity contribution >= 4 is 0 Å². The molecule has 0 heterocycles. The molecule has 4 N–H and O–H groups in total. The largest absolute Gasteiger partial charge is 0.330 e. The Kier molecular flexibility index (Phi) is 18.9. The molecule has 0 radical (unpaired) electrons. The molecule has 0 saturated carbocycles. The van der Waals surface area contributed by atoms with Crippen molar-refractivity contribution in [2.45, 2.75) is 78.2 Å². The van der Waals surface area contributed by atoms with Gasteiger partial charge in [0, 0.05) is 0 Å². The van der Waals surface area contributed by atoms with Crippen LogP contribution < -0.4 is 11.5 Å². The second-order valence-electron chi connectivity index (χ2n) is 4.51. The number of nitrogens with two attached hydrogens (primary N) is 2. The third kappa shape index (κ3) is 31.5. The van der Waals surface area contributed by atoms with Crippen LogP contribution in [0, 0.1) is 0 Å². The summed E-state index contributed by atoms with van der Waals surface area (Å²) in [7, 11) is 0. The summed E-state index contributed by atoms with van der Waals surface area (Å²) in [6.45, 7) is 7.02. The highest BCUT2D eigenvalue weighted by Gasteiger charge is 1.89. The molecule has 0 aromatic carbocycles. The first-order chi connectivity index (χ1) is 7.15. The lowest BCUT2D eigenvalue weighted by molar-refractivity contribution is 0.578. The summed E-state index contributed by atoms with van der Waals surface area (Å²) < 4.78 is 0. The van der Waals surface area contributed by atoms with E-state index in [0.29, 0.717) is 6.04 Å². The average molecular weight is 216 g/mol. The molecule has 0 aromatic heterocycles. The molecule has 0 atom stereocenters. The Hall–Kier alpha value is -0.0800. The van der Waals surface area contributed by atoms with Crippen LogP contribution in [0.3, 0.4) is 0 Å². The fourth-order valence-corrected chi connectivity index (χ4v) is 1.28. The Balaban J connectivity index is 0. The predicted molar refractivity (Wildman–Crippen MR) is 71.0 cm³/mol. The monoisotopic (exact) mass is 216 g/mol. The van der Waals surface area contributed by atoms with Gasteiger partial charge in [0.15, 0.2) is 0 Å². The van der Waals surface area contributed by atoms with E-state index in [1.54, 1.807) is 0 Å². The zero-order valence-corrected chi connectivity index (χ0v) is 11.1. The summed E-state index contributed by atoms with van der Waals surface area (Å²) >= 11 is 0. The lowest BCUT2D eigenvalue weighted by atomic mass is 10.1. The van der Waals surface area contributed by atoms with Crippen LogP contribution in [-0.4, -0.2) is 12.6 Å². The van der Waals surface area contributed by atoms with Gasteiger partial charge in [0.1, 0.15) is 0 Å². The molecule has 0 aliphatic rings. The second kappa shape index (κ2) is 16.4. The summed E-state index contributed by atoms with van der Waals surface area (Å²) in [5.74, 6) is 0. The van der Waals surface area contributed by atoms with Gasteiger partial charge >= 0.3 is 0 Å². The van der Waals surface area contributed by atoms with Crippen molar-refractivity contribution in [1.82, 2.24) is 0 Å². The average Bonchev–Trinajstić information content (AvgIpc) is 2.16. The first kappa shape index (κ1) is 17.3. The molecule has 0 fully saturated rings. The quantitative estimate of drug-likeness (QED) is 0.611. The van der Waals surface area contributed by atoms with Crippen LogP contribution in [0.1, 0.15) is 72.1 Å². The van der Waals surface area contributed by atoms with E-state index in [-0.39, 0.29) is 0 Å². The number of rotatable bonds is 8. The summed E-state index contributed by atoms with van der Waals surface area (Å²) in [5.41, 5.74) is 10.5. The fourth-order valence-electron chi connectivity index (χ4n) is 1.28. The summed E-state index contributed by atoms with van der Waals surface area (Å²) in [4.78, 5) is 0. The Labute approximate surface area is 96.8 Å². The predicted octanol–water partition coefficient (Wildman–Crippen LogP) is 3.44. The van der Waals surface area contributed by atoms with Crippen molar-refractivity contribution in [2.75, 3.05) is 6.54 Å². The maximum Gasteiger partial charge on any atom is -0.00179 e. The van der Waals surface area contributed by atoms with Gasteiger partial charge in [0.2, 0.25) is 0 Å². The minimum absolute atomic E-state index is 0.333. The molecule has 0 spiro atoms. The molecule has 2 nitrogen and oxygen atoms in total. The highest BCUT2D eigenvalue weighted by molar-refractivity contribution is 4.45. The van der Waals surface area contributed by atoms with Gasteiger partial charge in [0.25, 0.3) is 0 Å². The molecule has 94 valence electrons. The highest BCUT2D eigenvalue weighted by atomic mass is 14.6. The Morgan fingerprint density at radius 2 is 1.13 bits per heavy atom. The standard InChI is InChI=1S/C10H23N.C3H9N/c1-2-3-4-5-6-7-8-9-10-11;1-3(2)4/h2-11H2,1H3;3H,4H2,1-2H3. The minimum atomic E-state index is 0.333. The first-order valence-corrected chi connectivity index (χ1v) is 6.60. The van der Waals surface area contributed by atoms with Crippen LogP contribution in [-0.2, 0) is 0 Å². The van der Waals surface area contributed by atoms with Gasteiger partial charge in [-0.2, -0.15) is 0 Å². The molecule has 2 heteroatoms. The number of hydrogen-bond acceptors (Lipinski definition) is 2. The minimum Gasteiger partial charge on any atom is -0.330 e. The summed E-state index contributed by atoms with van der Waals surface area (Å²) in [6, 6.07) is 0.333. The van der Waals surface area contributed by atoms with Crippen molar-refractivity contribution in [2.24, 2.45) is 11.5 Å². The molecule has 0 unspecified atom stereocenters. The van der Waals surface area contributed by atoms with E-state index in [4.69, 9.17) is 11.5 Å². The van der Waals surface area contributed by atoms with Crippen molar-refractivity contribution in [3.63, 3.8) is 0 Å². The second-order valence-corrected chi connectivity index (χ2v) is 4.51. The molecule has 0 bridgehead atoms. The zero-order valence-electron chi connectivity index (χ0n) is 11.1. The van der Waals surface area contributed by atoms with Crippen LogP contribution >= 0.6 is 0 Å². The van der Waals surface area contributed by atoms with Crippen LogP contribution in [0.2, 0.25) is 0 Å². The van der Waals surface area contributed by atoms with Crippen molar-refractivity contribution in [3.05, 3.63) is 0 Å². The van der Waals surface area contributed by atoms with Gasteiger partial charge in [-0.3, -0.25) is 0 Å². The van der Waals surface area contributed by atoms with E-state index in [2.05, 4.69) is 6.92 Å². The SMILES string of the molecule is CC(C)N.CCCCCCCCCCN. The first-order valence-electron chi connectivity index (χ1n) is 6.60. The normalized spacial score (nSPS) is 10.0. The zero-order chi connectivity index (χ0) is 11.9. The number of hydrogen-bond donors (Lipinski definition) is 2. The lowest BCUT2D eigenvalue weighted by Gasteiger charge is -1.99. The van der Waals surface area contributed by atoms with E-state index in [1.165, 1.54) is 51.4 Å². The van der Waals surface area contributed by atoms with Gasteiger partial charge in [0.05, 0.1) is 0 Å². The molecule has 0 rings (SSSR count). The van der Waals surface area contributed by atoms with E-state index in [0.717, 1.165) is 6.54 Å². The van der Waals surface area contributed by atoms with Crippen LogP contribution in [0.5, 0.6) is 0 Å². The van der Waals surface area contributed by atoms with Gasteiger partial charge < -0.3 is 11.5 Å². The van der Waals surface area contributed by atoms with Crippen molar-refractivity contribution in [3.8, 4) is 0 Å².